The van der Waals surface area contributed by atoms with Gasteiger partial charge in [-0.2, -0.15) is 0 Å². The molecule has 2 atom stereocenters. The Morgan fingerprint density at radius 3 is 2.62 bits per heavy atom. The highest BCUT2D eigenvalue weighted by molar-refractivity contribution is 6.23. The van der Waals surface area contributed by atoms with Gasteiger partial charge in [0.05, 0.1) is 6.61 Å². The van der Waals surface area contributed by atoms with E-state index in [0.29, 0.717) is 6.61 Å². The van der Waals surface area contributed by atoms with Crippen molar-refractivity contribution in [1.29, 1.82) is 0 Å². The molecule has 0 aliphatic carbocycles. The van der Waals surface area contributed by atoms with Gasteiger partial charge >= 0.3 is 0 Å². The van der Waals surface area contributed by atoms with Crippen LogP contribution in [0.25, 0.3) is 0 Å². The number of rotatable bonds is 1. The van der Waals surface area contributed by atoms with Gasteiger partial charge < -0.3 is 4.74 Å². The molecular weight excluding hydrogens is 252 g/mol. The number of hydrogen-bond acceptors (Lipinski definition) is 2. The van der Waals surface area contributed by atoms with E-state index in [1.807, 2.05) is 6.92 Å². The predicted octanol–water partition coefficient (Wildman–Crippen LogP) is 2.86. The van der Waals surface area contributed by atoms with E-state index in [1.165, 1.54) is 12.1 Å². The Balaban J connectivity index is 0.00000128. The summed E-state index contributed by atoms with van der Waals surface area (Å²) >= 11 is 6.28. The lowest BCUT2D eigenvalue weighted by atomic mass is 10.0. The Morgan fingerprint density at radius 2 is 2.06 bits per heavy atom. The molecule has 16 heavy (non-hydrogen) atoms. The van der Waals surface area contributed by atoms with Crippen LogP contribution in [0.2, 0.25) is 0 Å². The zero-order chi connectivity index (χ0) is 10.9. The van der Waals surface area contributed by atoms with Crippen LogP contribution < -0.4 is 5.32 Å². The monoisotopic (exact) mass is 265 g/mol. The zero-order valence-electron chi connectivity index (χ0n) is 8.87. The molecule has 1 saturated heterocycles. The van der Waals surface area contributed by atoms with Crippen LogP contribution in [0.4, 0.5) is 4.39 Å². The van der Waals surface area contributed by atoms with Crippen LogP contribution in [-0.2, 0) is 4.74 Å². The van der Waals surface area contributed by atoms with Gasteiger partial charge in [0.1, 0.15) is 16.9 Å². The van der Waals surface area contributed by atoms with Crippen molar-refractivity contribution in [3.8, 4) is 0 Å². The van der Waals surface area contributed by atoms with Gasteiger partial charge in [-0.25, -0.2) is 4.39 Å². The van der Waals surface area contributed by atoms with Gasteiger partial charge in [-0.3, -0.25) is 5.32 Å². The maximum atomic E-state index is 12.8. The van der Waals surface area contributed by atoms with Crippen molar-refractivity contribution in [2.24, 2.45) is 0 Å². The third-order valence-electron chi connectivity index (χ3n) is 2.52. The van der Waals surface area contributed by atoms with Gasteiger partial charge in [-0.15, -0.1) is 12.4 Å². The largest absolute Gasteiger partial charge is 0.369 e. The van der Waals surface area contributed by atoms with Gasteiger partial charge in [-0.1, -0.05) is 23.7 Å². The second-order valence-electron chi connectivity index (χ2n) is 3.80. The summed E-state index contributed by atoms with van der Waals surface area (Å²) in [5.41, 5.74) is 0.890. The van der Waals surface area contributed by atoms with Crippen LogP contribution in [0, 0.1) is 5.82 Å². The number of halogens is 3. The summed E-state index contributed by atoms with van der Waals surface area (Å²) < 4.78 is 18.4. The van der Waals surface area contributed by atoms with E-state index in [-0.39, 0.29) is 24.3 Å². The minimum atomic E-state index is -0.629. The summed E-state index contributed by atoms with van der Waals surface area (Å²) in [5, 5.41) is 3.17. The predicted molar refractivity (Wildman–Crippen MR) is 64.6 cm³/mol. The third kappa shape index (κ3) is 2.86. The molecule has 1 aliphatic heterocycles. The summed E-state index contributed by atoms with van der Waals surface area (Å²) in [6, 6.07) is 6.24. The van der Waals surface area contributed by atoms with Crippen LogP contribution in [-0.4, -0.2) is 18.1 Å². The minimum absolute atomic E-state index is 0. The first-order chi connectivity index (χ1) is 7.09. The highest BCUT2D eigenvalue weighted by Crippen LogP contribution is 2.34. The molecule has 0 amide bonds. The first-order valence-electron chi connectivity index (χ1n) is 4.90. The Bertz CT molecular complexity index is 342. The van der Waals surface area contributed by atoms with Crippen molar-refractivity contribution in [1.82, 2.24) is 5.32 Å². The lowest BCUT2D eigenvalue weighted by Gasteiger charge is -2.37. The lowest BCUT2D eigenvalue weighted by molar-refractivity contribution is -0.0150. The number of benzene rings is 1. The van der Waals surface area contributed by atoms with Crippen LogP contribution >= 0.6 is 24.0 Å². The fraction of sp³-hybridized carbons (Fsp3) is 0.455. The fourth-order valence-electron chi connectivity index (χ4n) is 1.77. The van der Waals surface area contributed by atoms with E-state index < -0.39 is 5.00 Å². The van der Waals surface area contributed by atoms with Gasteiger partial charge in [0.15, 0.2) is 0 Å². The molecule has 1 N–H and O–H groups in total. The van der Waals surface area contributed by atoms with E-state index in [0.717, 1.165) is 12.1 Å². The Kier molecular flexibility index (Phi) is 4.56. The summed E-state index contributed by atoms with van der Waals surface area (Å²) in [4.78, 5) is -0.629. The number of ether oxygens (including phenoxy) is 1. The molecule has 5 heteroatoms. The molecule has 1 heterocycles. The van der Waals surface area contributed by atoms with Crippen LogP contribution in [0.15, 0.2) is 24.3 Å². The minimum Gasteiger partial charge on any atom is -0.369 e. The van der Waals surface area contributed by atoms with Crippen LogP contribution in [0.5, 0.6) is 0 Å². The maximum absolute atomic E-state index is 12.8. The second-order valence-corrected chi connectivity index (χ2v) is 4.59. The molecule has 0 saturated carbocycles. The van der Waals surface area contributed by atoms with Crippen LogP contribution in [0.3, 0.4) is 0 Å². The van der Waals surface area contributed by atoms with Crippen molar-refractivity contribution >= 4 is 24.0 Å². The summed E-state index contributed by atoms with van der Waals surface area (Å²) in [7, 11) is 0. The Morgan fingerprint density at radius 1 is 1.44 bits per heavy atom. The number of alkyl halides is 1. The van der Waals surface area contributed by atoms with Gasteiger partial charge in [0.25, 0.3) is 0 Å². The summed E-state index contributed by atoms with van der Waals surface area (Å²) in [6.45, 7) is 3.21. The van der Waals surface area contributed by atoms with E-state index >= 15 is 0 Å². The average molecular weight is 266 g/mol. The Hall–Kier alpha value is -0.350. The van der Waals surface area contributed by atoms with Crippen LogP contribution in [0.1, 0.15) is 18.6 Å². The maximum Gasteiger partial charge on any atom is 0.123 e. The quantitative estimate of drug-likeness (QED) is 0.623. The van der Waals surface area contributed by atoms with E-state index in [9.17, 15) is 4.39 Å². The fourth-order valence-corrected chi connectivity index (χ4v) is 2.05. The van der Waals surface area contributed by atoms with E-state index in [4.69, 9.17) is 16.3 Å². The van der Waals surface area contributed by atoms with Crippen molar-refractivity contribution < 1.29 is 9.13 Å². The average Bonchev–Trinajstić information content (AvgIpc) is 2.19. The molecule has 1 aromatic rings. The molecule has 0 spiro atoms. The molecule has 2 rings (SSSR count). The molecule has 90 valence electrons. The molecule has 0 radical (unpaired) electrons. The topological polar surface area (TPSA) is 21.3 Å². The second kappa shape index (κ2) is 5.32. The normalized spacial score (nSPS) is 29.6. The SMILES string of the molecule is CC1(Cl)NCCOC1c1ccc(F)cc1.Cl. The first kappa shape index (κ1) is 13.7. The smallest absolute Gasteiger partial charge is 0.123 e. The molecule has 2 nitrogen and oxygen atoms in total. The summed E-state index contributed by atoms with van der Waals surface area (Å²) in [6.07, 6.45) is -0.242. The molecule has 1 aromatic carbocycles. The standard InChI is InChI=1S/C11H13ClFNO.ClH/c1-11(12)10(15-7-6-14-11)8-2-4-9(13)5-3-8;/h2-5,10,14H,6-7H2,1H3;1H. The zero-order valence-corrected chi connectivity index (χ0v) is 10.4. The van der Waals surface area contributed by atoms with Crippen molar-refractivity contribution in [3.05, 3.63) is 35.6 Å². The van der Waals surface area contributed by atoms with Gasteiger partial charge in [0.2, 0.25) is 0 Å². The van der Waals surface area contributed by atoms with E-state index in [1.54, 1.807) is 12.1 Å². The van der Waals surface area contributed by atoms with E-state index in [2.05, 4.69) is 5.32 Å². The number of morpholine rings is 1. The highest BCUT2D eigenvalue weighted by atomic mass is 35.5. The lowest BCUT2D eigenvalue weighted by Crippen LogP contribution is -2.49. The molecule has 2 unspecified atom stereocenters. The van der Waals surface area contributed by atoms with Crippen molar-refractivity contribution in [2.45, 2.75) is 18.0 Å². The molecule has 1 fully saturated rings. The third-order valence-corrected chi connectivity index (χ3v) is 2.85. The van der Waals surface area contributed by atoms with Crippen molar-refractivity contribution in [3.63, 3.8) is 0 Å². The number of nitrogens with one attached hydrogen (secondary N) is 1. The first-order valence-corrected chi connectivity index (χ1v) is 5.28. The highest BCUT2D eigenvalue weighted by Gasteiger charge is 2.36. The molecular formula is C11H14Cl2FNO. The Labute approximate surface area is 106 Å². The van der Waals surface area contributed by atoms with Gasteiger partial charge in [-0.05, 0) is 24.6 Å². The molecule has 0 bridgehead atoms. The molecule has 0 aromatic heterocycles. The van der Waals surface area contributed by atoms with Gasteiger partial charge in [0, 0.05) is 6.54 Å². The molecule has 1 aliphatic rings. The van der Waals surface area contributed by atoms with Crippen molar-refractivity contribution in [2.75, 3.05) is 13.2 Å². The number of hydrogen-bond donors (Lipinski definition) is 1. The summed E-state index contributed by atoms with van der Waals surface area (Å²) in [5.74, 6) is -0.251.